The SMILES string of the molecule is CO[C@@]12CC[C@H](O)C[C@@H]1N(C(=O)Cn1ccccc1=O)CC2. The molecule has 1 aliphatic carbocycles. The average Bonchev–Trinajstić information content (AvgIpc) is 2.89. The minimum atomic E-state index is -0.388. The fourth-order valence-electron chi connectivity index (χ4n) is 3.80. The van der Waals surface area contributed by atoms with Crippen LogP contribution in [0.15, 0.2) is 29.2 Å². The van der Waals surface area contributed by atoms with Crippen molar-refractivity contribution in [2.24, 2.45) is 0 Å². The number of rotatable bonds is 3. The van der Waals surface area contributed by atoms with Crippen LogP contribution >= 0.6 is 0 Å². The van der Waals surface area contributed by atoms with E-state index in [0.717, 1.165) is 12.8 Å². The molecule has 1 N–H and O–H groups in total. The van der Waals surface area contributed by atoms with Gasteiger partial charge in [0.25, 0.3) is 5.56 Å². The molecular weight excluding hydrogens is 284 g/mol. The van der Waals surface area contributed by atoms with E-state index in [9.17, 15) is 14.7 Å². The van der Waals surface area contributed by atoms with Crippen molar-refractivity contribution in [1.82, 2.24) is 9.47 Å². The molecule has 2 aliphatic rings. The average molecular weight is 306 g/mol. The van der Waals surface area contributed by atoms with E-state index in [1.165, 1.54) is 10.6 Å². The van der Waals surface area contributed by atoms with Gasteiger partial charge in [0.2, 0.25) is 5.91 Å². The highest BCUT2D eigenvalue weighted by Gasteiger charge is 2.52. The van der Waals surface area contributed by atoms with Crippen molar-refractivity contribution in [3.8, 4) is 0 Å². The van der Waals surface area contributed by atoms with Crippen LogP contribution in [0.25, 0.3) is 0 Å². The molecule has 3 rings (SSSR count). The molecule has 0 radical (unpaired) electrons. The van der Waals surface area contributed by atoms with E-state index in [4.69, 9.17) is 4.74 Å². The van der Waals surface area contributed by atoms with E-state index in [1.807, 2.05) is 0 Å². The Kier molecular flexibility index (Phi) is 4.06. The van der Waals surface area contributed by atoms with E-state index < -0.39 is 0 Å². The van der Waals surface area contributed by atoms with Crippen LogP contribution in [-0.4, -0.2) is 51.9 Å². The lowest BCUT2D eigenvalue weighted by atomic mass is 9.79. The summed E-state index contributed by atoms with van der Waals surface area (Å²) in [5.41, 5.74) is -0.520. The predicted molar refractivity (Wildman–Crippen MR) is 80.4 cm³/mol. The second kappa shape index (κ2) is 5.85. The van der Waals surface area contributed by atoms with Crippen molar-refractivity contribution in [3.05, 3.63) is 34.7 Å². The smallest absolute Gasteiger partial charge is 0.250 e. The second-order valence-corrected chi connectivity index (χ2v) is 6.22. The highest BCUT2D eigenvalue weighted by molar-refractivity contribution is 5.77. The number of pyridine rings is 1. The molecule has 0 aromatic carbocycles. The molecule has 1 aromatic rings. The summed E-state index contributed by atoms with van der Waals surface area (Å²) in [4.78, 5) is 26.1. The number of amides is 1. The van der Waals surface area contributed by atoms with E-state index in [-0.39, 0.29) is 35.8 Å². The largest absolute Gasteiger partial charge is 0.393 e. The maximum absolute atomic E-state index is 12.6. The zero-order valence-corrected chi connectivity index (χ0v) is 12.8. The highest BCUT2D eigenvalue weighted by Crippen LogP contribution is 2.42. The van der Waals surface area contributed by atoms with Crippen molar-refractivity contribution in [2.45, 2.75) is 50.0 Å². The number of nitrogens with zero attached hydrogens (tertiary/aromatic N) is 2. The molecule has 120 valence electrons. The molecule has 3 atom stereocenters. The first-order valence-corrected chi connectivity index (χ1v) is 7.74. The summed E-state index contributed by atoms with van der Waals surface area (Å²) in [5, 5.41) is 9.95. The number of likely N-dealkylation sites (tertiary alicyclic amines) is 1. The number of aromatic nitrogens is 1. The van der Waals surface area contributed by atoms with Crippen molar-refractivity contribution in [2.75, 3.05) is 13.7 Å². The molecule has 1 amide bonds. The maximum Gasteiger partial charge on any atom is 0.250 e. The lowest BCUT2D eigenvalue weighted by Crippen LogP contribution is -2.53. The quantitative estimate of drug-likeness (QED) is 0.876. The molecule has 6 nitrogen and oxygen atoms in total. The molecular formula is C16H22N2O4. The molecule has 0 spiro atoms. The monoisotopic (exact) mass is 306 g/mol. The van der Waals surface area contributed by atoms with Gasteiger partial charge in [-0.2, -0.15) is 0 Å². The molecule has 22 heavy (non-hydrogen) atoms. The van der Waals surface area contributed by atoms with Gasteiger partial charge in [-0.3, -0.25) is 9.59 Å². The standard InChI is InChI=1S/C16H22N2O4/c1-22-16-6-5-12(19)10-13(16)18(9-7-16)15(21)11-17-8-3-2-4-14(17)20/h2-4,8,12-13,19H,5-7,9-11H2,1H3/t12-,13-,16+/m0/s1. The highest BCUT2D eigenvalue weighted by atomic mass is 16.5. The summed E-state index contributed by atoms with van der Waals surface area (Å²) in [6.45, 7) is 0.651. The Morgan fingerprint density at radius 3 is 3.00 bits per heavy atom. The molecule has 1 saturated carbocycles. The minimum absolute atomic E-state index is 0.0338. The Balaban J connectivity index is 1.78. The van der Waals surface area contributed by atoms with Gasteiger partial charge >= 0.3 is 0 Å². The predicted octanol–water partition coefficient (Wildman–Crippen LogP) is 0.379. The molecule has 2 fully saturated rings. The second-order valence-electron chi connectivity index (χ2n) is 6.22. The lowest BCUT2D eigenvalue weighted by molar-refractivity contribution is -0.140. The lowest BCUT2D eigenvalue weighted by Gasteiger charge is -2.42. The van der Waals surface area contributed by atoms with Crippen molar-refractivity contribution in [1.29, 1.82) is 0 Å². The van der Waals surface area contributed by atoms with Gasteiger partial charge in [-0.15, -0.1) is 0 Å². The van der Waals surface area contributed by atoms with E-state index in [1.54, 1.807) is 30.3 Å². The number of hydrogen-bond acceptors (Lipinski definition) is 4. The number of carbonyl (C=O) groups excluding carboxylic acids is 1. The number of fused-ring (bicyclic) bond motifs is 1. The Labute approximate surface area is 129 Å². The summed E-state index contributed by atoms with van der Waals surface area (Å²) in [7, 11) is 1.68. The summed E-state index contributed by atoms with van der Waals surface area (Å²) < 4.78 is 7.14. The zero-order valence-electron chi connectivity index (χ0n) is 12.8. The minimum Gasteiger partial charge on any atom is -0.393 e. The summed E-state index contributed by atoms with van der Waals surface area (Å²) in [6.07, 6.45) is 4.05. The van der Waals surface area contributed by atoms with Crippen LogP contribution in [0.2, 0.25) is 0 Å². The van der Waals surface area contributed by atoms with Crippen LogP contribution in [-0.2, 0) is 16.1 Å². The molecule has 6 heteroatoms. The third-order valence-electron chi connectivity index (χ3n) is 5.09. The Bertz CT molecular complexity index is 614. The maximum atomic E-state index is 12.6. The van der Waals surface area contributed by atoms with Crippen molar-refractivity contribution >= 4 is 5.91 Å². The Hall–Kier alpha value is -1.66. The van der Waals surface area contributed by atoms with Crippen LogP contribution in [0, 0.1) is 0 Å². The molecule has 0 bridgehead atoms. The molecule has 1 aromatic heterocycles. The van der Waals surface area contributed by atoms with Gasteiger partial charge < -0.3 is 19.3 Å². The van der Waals surface area contributed by atoms with E-state index >= 15 is 0 Å². The van der Waals surface area contributed by atoms with Crippen molar-refractivity contribution < 1.29 is 14.6 Å². The van der Waals surface area contributed by atoms with Crippen LogP contribution in [0.3, 0.4) is 0 Å². The van der Waals surface area contributed by atoms with Gasteiger partial charge in [0.05, 0.1) is 17.7 Å². The number of ether oxygens (including phenoxy) is 1. The summed E-state index contributed by atoms with van der Waals surface area (Å²) in [6, 6.07) is 4.74. The van der Waals surface area contributed by atoms with Crippen LogP contribution < -0.4 is 5.56 Å². The normalized spacial score (nSPS) is 31.1. The zero-order chi connectivity index (χ0) is 15.7. The van der Waals surface area contributed by atoms with Gasteiger partial charge in [-0.1, -0.05) is 6.07 Å². The van der Waals surface area contributed by atoms with Crippen LogP contribution in [0.5, 0.6) is 0 Å². The number of methoxy groups -OCH3 is 1. The molecule has 0 unspecified atom stereocenters. The van der Waals surface area contributed by atoms with Gasteiger partial charge in [0, 0.05) is 25.9 Å². The number of carbonyl (C=O) groups is 1. The Morgan fingerprint density at radius 1 is 1.45 bits per heavy atom. The van der Waals surface area contributed by atoms with Gasteiger partial charge in [0.15, 0.2) is 0 Å². The first kappa shape index (κ1) is 15.2. The van der Waals surface area contributed by atoms with E-state index in [2.05, 4.69) is 0 Å². The van der Waals surface area contributed by atoms with E-state index in [0.29, 0.717) is 19.4 Å². The molecule has 2 heterocycles. The number of aliphatic hydroxyl groups excluding tert-OH is 1. The Morgan fingerprint density at radius 2 is 2.27 bits per heavy atom. The van der Waals surface area contributed by atoms with Crippen molar-refractivity contribution in [3.63, 3.8) is 0 Å². The van der Waals surface area contributed by atoms with Crippen LogP contribution in [0.1, 0.15) is 25.7 Å². The number of hydrogen-bond donors (Lipinski definition) is 1. The fraction of sp³-hybridized carbons (Fsp3) is 0.625. The third-order valence-corrected chi connectivity index (χ3v) is 5.09. The summed E-state index contributed by atoms with van der Waals surface area (Å²) >= 11 is 0. The van der Waals surface area contributed by atoms with Crippen LogP contribution in [0.4, 0.5) is 0 Å². The first-order chi connectivity index (χ1) is 10.6. The third kappa shape index (κ3) is 2.57. The first-order valence-electron chi connectivity index (χ1n) is 7.74. The van der Waals surface area contributed by atoms with Gasteiger partial charge in [0.1, 0.15) is 6.54 Å². The van der Waals surface area contributed by atoms with Gasteiger partial charge in [-0.05, 0) is 31.7 Å². The summed E-state index contributed by atoms with van der Waals surface area (Å²) in [5.74, 6) is -0.0914. The fourth-order valence-corrected chi connectivity index (χ4v) is 3.80. The topological polar surface area (TPSA) is 71.8 Å². The molecule has 1 aliphatic heterocycles. The molecule has 1 saturated heterocycles. The van der Waals surface area contributed by atoms with Gasteiger partial charge in [-0.25, -0.2) is 0 Å². The number of aliphatic hydroxyl groups is 1.